The molecule has 0 saturated carbocycles. The molecule has 4 heterocycles. The maximum atomic E-state index is 13.2. The molecule has 2 aliphatic heterocycles. The number of fused-ring (bicyclic) bond motifs is 1. The smallest absolute Gasteiger partial charge is 0.352 e. The van der Waals surface area contributed by atoms with E-state index >= 15 is 0 Å². The van der Waals surface area contributed by atoms with Crippen molar-refractivity contribution in [2.24, 2.45) is 5.16 Å². The number of nitrogens with one attached hydrogen (secondary N) is 1. The molecule has 4 N–H and O–H groups in total. The van der Waals surface area contributed by atoms with Crippen LogP contribution in [-0.2, 0) is 19.2 Å². The Balaban J connectivity index is 1.33. The number of hydrogen-bond acceptors (Lipinski definition) is 13. The summed E-state index contributed by atoms with van der Waals surface area (Å²) in [6.07, 6.45) is 5.03. The number of amides is 2. The minimum Gasteiger partial charge on any atom is -0.477 e. The third-order valence-electron chi connectivity index (χ3n) is 5.54. The number of carbonyl (C=O) groups is 3. The zero-order chi connectivity index (χ0) is 26.1. The summed E-state index contributed by atoms with van der Waals surface area (Å²) < 4.78 is 0.854. The Morgan fingerprint density at radius 2 is 2.27 bits per heavy atom. The second-order valence-corrected chi connectivity index (χ2v) is 12.7. The standard InChI is InChI=1S/C20H18ClN7O5S4/c21-14-10(25-19(22)37-14)11(27-33-9-3-1-2-4-9)15(29)24-12-16(30)28-13(18(31)32)8(5-34-17(12)28)6-35-20-26-23-7-36-20/h1,3,7,9,12,17H,2,4-6H2,(H2,22,25)(H,24,29)(H,31,32)/t9?,12?,17-/m1/s1. The van der Waals surface area contributed by atoms with Gasteiger partial charge in [-0.1, -0.05) is 57.3 Å². The molecule has 1 fully saturated rings. The van der Waals surface area contributed by atoms with Gasteiger partial charge in [0.05, 0.1) is 0 Å². The summed E-state index contributed by atoms with van der Waals surface area (Å²) in [5.41, 5.74) is 7.69. The van der Waals surface area contributed by atoms with E-state index in [2.05, 4.69) is 25.7 Å². The first-order valence-corrected chi connectivity index (χ1v) is 14.9. The van der Waals surface area contributed by atoms with Crippen molar-refractivity contribution in [3.05, 3.63) is 39.0 Å². The summed E-state index contributed by atoms with van der Waals surface area (Å²) in [6, 6.07) is -0.962. The van der Waals surface area contributed by atoms with Crippen molar-refractivity contribution in [3.63, 3.8) is 0 Å². The van der Waals surface area contributed by atoms with E-state index in [9.17, 15) is 19.5 Å². The van der Waals surface area contributed by atoms with E-state index in [1.165, 1.54) is 39.8 Å². The molecule has 12 nitrogen and oxygen atoms in total. The number of aliphatic carboxylic acids is 1. The Bertz CT molecular complexity index is 1330. The molecule has 17 heteroatoms. The summed E-state index contributed by atoms with van der Waals surface area (Å²) in [6.45, 7) is 0. The summed E-state index contributed by atoms with van der Waals surface area (Å²) in [4.78, 5) is 49.2. The Labute approximate surface area is 231 Å². The number of β-lactam (4-membered cyclic amide) rings is 1. The monoisotopic (exact) mass is 599 g/mol. The fourth-order valence-corrected chi connectivity index (χ4v) is 7.75. The van der Waals surface area contributed by atoms with Gasteiger partial charge >= 0.3 is 5.97 Å². The van der Waals surface area contributed by atoms with Crippen LogP contribution in [0, 0.1) is 0 Å². The molecule has 2 unspecified atom stereocenters. The number of halogens is 1. The highest BCUT2D eigenvalue weighted by Crippen LogP contribution is 2.41. The number of nitrogen functional groups attached to an aromatic ring is 1. The van der Waals surface area contributed by atoms with Gasteiger partial charge in [-0.2, -0.15) is 0 Å². The quantitative estimate of drug-likeness (QED) is 0.127. The zero-order valence-electron chi connectivity index (χ0n) is 18.7. The SMILES string of the molecule is Nc1nc(C(=NOC2C=CCC2)C(=O)NC2C(=O)N3C(C(=O)O)=C(CSc4nncs4)CS[C@H]23)c(Cl)s1. The second kappa shape index (κ2) is 11.0. The van der Waals surface area contributed by atoms with Crippen LogP contribution in [0.5, 0.6) is 0 Å². The highest BCUT2D eigenvalue weighted by molar-refractivity contribution is 8.01. The van der Waals surface area contributed by atoms with E-state index in [1.807, 2.05) is 12.2 Å². The van der Waals surface area contributed by atoms with Crippen LogP contribution >= 0.6 is 57.8 Å². The molecular formula is C20H18ClN7O5S4. The van der Waals surface area contributed by atoms with Crippen LogP contribution in [0.15, 0.2) is 38.4 Å². The minimum atomic E-state index is -1.21. The molecule has 2 amide bonds. The number of thioether (sulfide) groups is 2. The molecule has 1 aliphatic carbocycles. The first-order chi connectivity index (χ1) is 17.8. The number of allylic oxidation sites excluding steroid dienone is 1. The van der Waals surface area contributed by atoms with Crippen molar-refractivity contribution in [1.29, 1.82) is 0 Å². The first kappa shape index (κ1) is 26.0. The lowest BCUT2D eigenvalue weighted by Crippen LogP contribution is -2.71. The van der Waals surface area contributed by atoms with Gasteiger partial charge in [-0.25, -0.2) is 9.78 Å². The molecule has 2 aromatic heterocycles. The molecule has 0 bridgehead atoms. The van der Waals surface area contributed by atoms with E-state index in [-0.39, 0.29) is 32.7 Å². The first-order valence-electron chi connectivity index (χ1n) is 10.8. The number of carbonyl (C=O) groups excluding carboxylic acids is 2. The van der Waals surface area contributed by atoms with E-state index in [0.717, 1.165) is 17.8 Å². The number of nitrogens with two attached hydrogens (primary N) is 1. The van der Waals surface area contributed by atoms with E-state index in [1.54, 1.807) is 5.51 Å². The largest absolute Gasteiger partial charge is 0.477 e. The van der Waals surface area contributed by atoms with Gasteiger partial charge in [0.1, 0.15) is 38.8 Å². The van der Waals surface area contributed by atoms with Crippen LogP contribution in [0.4, 0.5) is 5.13 Å². The summed E-state index contributed by atoms with van der Waals surface area (Å²) in [5.74, 6) is -1.75. The van der Waals surface area contributed by atoms with Crippen LogP contribution in [-0.4, -0.2) is 77.7 Å². The number of anilines is 1. The van der Waals surface area contributed by atoms with Crippen molar-refractivity contribution < 1.29 is 24.3 Å². The Hall–Kier alpha value is -2.66. The van der Waals surface area contributed by atoms with Crippen molar-refractivity contribution >= 4 is 86.4 Å². The Kier molecular flexibility index (Phi) is 7.71. The number of carboxylic acid groups (broad SMARTS) is 1. The fraction of sp³-hybridized carbons (Fsp3) is 0.350. The van der Waals surface area contributed by atoms with Gasteiger partial charge in [0.25, 0.3) is 11.8 Å². The summed E-state index contributed by atoms with van der Waals surface area (Å²) in [7, 11) is 0. The highest BCUT2D eigenvalue weighted by Gasteiger charge is 2.54. The van der Waals surface area contributed by atoms with E-state index < -0.39 is 29.2 Å². The topological polar surface area (TPSA) is 173 Å². The summed E-state index contributed by atoms with van der Waals surface area (Å²) >= 11 is 11.3. The fourth-order valence-electron chi connectivity index (χ4n) is 3.85. The summed E-state index contributed by atoms with van der Waals surface area (Å²) in [5, 5.41) is 23.8. The Morgan fingerprint density at radius 1 is 1.43 bits per heavy atom. The average Bonchev–Trinajstić information content (AvgIpc) is 3.64. The number of oxime groups is 1. The zero-order valence-corrected chi connectivity index (χ0v) is 22.7. The molecule has 0 aromatic carbocycles. The molecule has 194 valence electrons. The van der Waals surface area contributed by atoms with Gasteiger partial charge in [-0.15, -0.1) is 22.0 Å². The van der Waals surface area contributed by atoms with Crippen LogP contribution < -0.4 is 11.1 Å². The predicted octanol–water partition coefficient (Wildman–Crippen LogP) is 2.20. The average molecular weight is 600 g/mol. The number of thiazole rings is 1. The number of aromatic nitrogens is 3. The van der Waals surface area contributed by atoms with Crippen molar-refractivity contribution in [1.82, 2.24) is 25.4 Å². The van der Waals surface area contributed by atoms with Crippen LogP contribution in [0.2, 0.25) is 4.34 Å². The van der Waals surface area contributed by atoms with Gasteiger partial charge in [-0.3, -0.25) is 14.5 Å². The van der Waals surface area contributed by atoms with E-state index in [0.29, 0.717) is 27.8 Å². The minimum absolute atomic E-state index is 0.0469. The molecule has 0 spiro atoms. The van der Waals surface area contributed by atoms with E-state index in [4.69, 9.17) is 22.2 Å². The van der Waals surface area contributed by atoms with Crippen LogP contribution in [0.1, 0.15) is 18.5 Å². The molecule has 3 aliphatic rings. The molecule has 5 rings (SSSR count). The molecule has 1 saturated heterocycles. The number of carboxylic acids is 1. The molecule has 0 radical (unpaired) electrons. The third-order valence-corrected chi connectivity index (χ3v) is 9.91. The van der Waals surface area contributed by atoms with Crippen molar-refractivity contribution in [2.45, 2.75) is 34.7 Å². The van der Waals surface area contributed by atoms with Crippen LogP contribution in [0.25, 0.3) is 0 Å². The van der Waals surface area contributed by atoms with Crippen molar-refractivity contribution in [3.8, 4) is 0 Å². The molecule has 2 aromatic rings. The van der Waals surface area contributed by atoms with Gasteiger partial charge in [0.2, 0.25) is 0 Å². The molecule has 37 heavy (non-hydrogen) atoms. The lowest BCUT2D eigenvalue weighted by Gasteiger charge is -2.49. The lowest BCUT2D eigenvalue weighted by molar-refractivity contribution is -0.150. The third kappa shape index (κ3) is 5.34. The number of nitrogens with zero attached hydrogens (tertiary/aromatic N) is 5. The number of hydrogen-bond donors (Lipinski definition) is 3. The van der Waals surface area contributed by atoms with Gasteiger partial charge in [0.15, 0.2) is 15.2 Å². The maximum Gasteiger partial charge on any atom is 0.352 e. The lowest BCUT2D eigenvalue weighted by atomic mass is 10.0. The van der Waals surface area contributed by atoms with Crippen molar-refractivity contribution in [2.75, 3.05) is 17.2 Å². The molecular weight excluding hydrogens is 582 g/mol. The number of rotatable bonds is 9. The van der Waals surface area contributed by atoms with Crippen LogP contribution in [0.3, 0.4) is 0 Å². The van der Waals surface area contributed by atoms with Gasteiger partial charge in [0, 0.05) is 11.5 Å². The predicted molar refractivity (Wildman–Crippen MR) is 142 cm³/mol. The molecule has 3 atom stereocenters. The maximum absolute atomic E-state index is 13.2. The van der Waals surface area contributed by atoms with Gasteiger partial charge < -0.3 is 21.0 Å². The van der Waals surface area contributed by atoms with Gasteiger partial charge in [-0.05, 0) is 24.5 Å². The normalized spacial score (nSPS) is 23.2. The highest BCUT2D eigenvalue weighted by atomic mass is 35.5. The Morgan fingerprint density at radius 3 is 2.92 bits per heavy atom. The second-order valence-electron chi connectivity index (χ2n) is 7.88.